The number of aromatic nitrogens is 4. The van der Waals surface area contributed by atoms with Gasteiger partial charge in [-0.2, -0.15) is 19.6 Å². The van der Waals surface area contributed by atoms with Crippen LogP contribution in [0.3, 0.4) is 0 Å². The third-order valence-corrected chi connectivity index (χ3v) is 4.39. The first-order chi connectivity index (χ1) is 9.06. The molecule has 2 rings (SSSR count). The minimum absolute atomic E-state index is 0.0499. The van der Waals surface area contributed by atoms with Gasteiger partial charge in [0.25, 0.3) is 5.78 Å². The molecule has 0 aliphatic heterocycles. The zero-order valence-corrected chi connectivity index (χ0v) is 12.6. The Morgan fingerprint density at radius 1 is 1.26 bits per heavy atom. The molecule has 2 heterocycles. The van der Waals surface area contributed by atoms with Crippen LogP contribution in [0.25, 0.3) is 5.78 Å². The van der Waals surface area contributed by atoms with E-state index in [0.717, 1.165) is 30.6 Å². The van der Waals surface area contributed by atoms with E-state index in [2.05, 4.69) is 41.2 Å². The van der Waals surface area contributed by atoms with Crippen molar-refractivity contribution in [1.82, 2.24) is 19.6 Å². The maximum Gasteiger partial charge on any atom is 0.255 e. The van der Waals surface area contributed by atoms with Gasteiger partial charge in [-0.1, -0.05) is 32.4 Å². The number of hydrogen-bond donors (Lipinski definition) is 1. The summed E-state index contributed by atoms with van der Waals surface area (Å²) in [7, 11) is 0. The van der Waals surface area contributed by atoms with E-state index in [0.29, 0.717) is 10.9 Å². The molecule has 2 aromatic heterocycles. The second-order valence-electron chi connectivity index (χ2n) is 4.81. The molecule has 104 valence electrons. The maximum absolute atomic E-state index is 6.18. The molecule has 0 radical (unpaired) electrons. The van der Waals surface area contributed by atoms with Crippen molar-refractivity contribution in [3.63, 3.8) is 0 Å². The lowest BCUT2D eigenvalue weighted by Crippen LogP contribution is -2.37. The first kappa shape index (κ1) is 14.1. The van der Waals surface area contributed by atoms with E-state index in [1.165, 1.54) is 6.33 Å². The summed E-state index contributed by atoms with van der Waals surface area (Å²) in [5, 5.41) is 8.32. The molecule has 0 bridgehead atoms. The fourth-order valence-corrected chi connectivity index (χ4v) is 2.48. The quantitative estimate of drug-likeness (QED) is 0.853. The number of hydrogen-bond acceptors (Lipinski definition) is 4. The summed E-state index contributed by atoms with van der Waals surface area (Å²) in [6, 6.07) is 0. The Morgan fingerprint density at radius 2 is 1.89 bits per heavy atom. The van der Waals surface area contributed by atoms with Crippen molar-refractivity contribution < 1.29 is 0 Å². The Kier molecular flexibility index (Phi) is 3.94. The SMILES string of the molecule is CCC(CC)(CC)Nc1c(C)c(Cl)nc2ncnn12. The molecule has 0 atom stereocenters. The van der Waals surface area contributed by atoms with Gasteiger partial charge in [0.2, 0.25) is 0 Å². The van der Waals surface area contributed by atoms with E-state index in [-0.39, 0.29) is 5.54 Å². The minimum atomic E-state index is 0.0499. The van der Waals surface area contributed by atoms with E-state index in [1.807, 2.05) is 6.92 Å². The second kappa shape index (κ2) is 5.33. The molecule has 5 nitrogen and oxygen atoms in total. The third-order valence-electron chi connectivity index (χ3n) is 4.02. The van der Waals surface area contributed by atoms with Gasteiger partial charge in [-0.05, 0) is 26.2 Å². The van der Waals surface area contributed by atoms with Crippen LogP contribution in [-0.2, 0) is 0 Å². The molecule has 0 saturated carbocycles. The fourth-order valence-electron chi connectivity index (χ4n) is 2.31. The Bertz CT molecular complexity index is 565. The van der Waals surface area contributed by atoms with Crippen LogP contribution in [0, 0.1) is 6.92 Å². The zero-order valence-electron chi connectivity index (χ0n) is 11.9. The molecule has 2 aromatic rings. The maximum atomic E-state index is 6.18. The lowest BCUT2D eigenvalue weighted by atomic mass is 9.89. The van der Waals surface area contributed by atoms with Crippen molar-refractivity contribution in [3.8, 4) is 0 Å². The van der Waals surface area contributed by atoms with Crippen molar-refractivity contribution in [2.45, 2.75) is 52.5 Å². The third kappa shape index (κ3) is 2.39. The standard InChI is InChI=1S/C13H20ClN5/c1-5-13(6-2,7-3)18-11-9(4)10(14)17-12-15-8-16-19(11)12/h8,18H,5-7H2,1-4H3. The number of fused-ring (bicyclic) bond motifs is 1. The molecule has 0 aliphatic rings. The normalized spacial score (nSPS) is 12.1. The summed E-state index contributed by atoms with van der Waals surface area (Å²) in [6.45, 7) is 8.52. The fraction of sp³-hybridized carbons (Fsp3) is 0.615. The Hall–Kier alpha value is -1.36. The molecule has 1 N–H and O–H groups in total. The van der Waals surface area contributed by atoms with E-state index in [1.54, 1.807) is 4.52 Å². The smallest absolute Gasteiger partial charge is 0.255 e. The highest BCUT2D eigenvalue weighted by Gasteiger charge is 2.26. The average molecular weight is 282 g/mol. The van der Waals surface area contributed by atoms with Gasteiger partial charge in [0, 0.05) is 11.1 Å². The highest BCUT2D eigenvalue weighted by molar-refractivity contribution is 6.30. The van der Waals surface area contributed by atoms with E-state index >= 15 is 0 Å². The zero-order chi connectivity index (χ0) is 14.0. The minimum Gasteiger partial charge on any atom is -0.364 e. The molecular formula is C13H20ClN5. The molecule has 0 spiro atoms. The van der Waals surface area contributed by atoms with E-state index < -0.39 is 0 Å². The number of nitrogens with zero attached hydrogens (tertiary/aromatic N) is 4. The summed E-state index contributed by atoms with van der Waals surface area (Å²) in [5.74, 6) is 1.41. The van der Waals surface area contributed by atoms with Gasteiger partial charge in [0.05, 0.1) is 0 Å². The van der Waals surface area contributed by atoms with Gasteiger partial charge < -0.3 is 5.32 Å². The molecule has 19 heavy (non-hydrogen) atoms. The first-order valence-corrected chi connectivity index (χ1v) is 7.08. The summed E-state index contributed by atoms with van der Waals surface area (Å²) < 4.78 is 1.72. The predicted molar refractivity (Wildman–Crippen MR) is 77.8 cm³/mol. The summed E-state index contributed by atoms with van der Waals surface area (Å²) in [4.78, 5) is 8.32. The molecular weight excluding hydrogens is 262 g/mol. The Labute approximate surface area is 118 Å². The van der Waals surface area contributed by atoms with Crippen LogP contribution < -0.4 is 5.32 Å². The van der Waals surface area contributed by atoms with Crippen molar-refractivity contribution in [2.75, 3.05) is 5.32 Å². The summed E-state index contributed by atoms with van der Waals surface area (Å²) in [5.41, 5.74) is 0.952. The Morgan fingerprint density at radius 3 is 2.47 bits per heavy atom. The van der Waals surface area contributed by atoms with Gasteiger partial charge in [-0.15, -0.1) is 0 Å². The van der Waals surface area contributed by atoms with E-state index in [4.69, 9.17) is 11.6 Å². The number of anilines is 1. The van der Waals surface area contributed by atoms with Gasteiger partial charge >= 0.3 is 0 Å². The molecule has 0 aliphatic carbocycles. The van der Waals surface area contributed by atoms with E-state index in [9.17, 15) is 0 Å². The van der Waals surface area contributed by atoms with Crippen LogP contribution in [0.2, 0.25) is 5.15 Å². The van der Waals surface area contributed by atoms with Crippen LogP contribution in [0.1, 0.15) is 45.6 Å². The second-order valence-corrected chi connectivity index (χ2v) is 5.17. The van der Waals surface area contributed by atoms with Gasteiger partial charge in [-0.25, -0.2) is 0 Å². The highest BCUT2D eigenvalue weighted by atomic mass is 35.5. The van der Waals surface area contributed by atoms with Gasteiger partial charge in [0.1, 0.15) is 17.3 Å². The number of rotatable bonds is 5. The topological polar surface area (TPSA) is 55.1 Å². The number of halogens is 1. The van der Waals surface area contributed by atoms with Crippen LogP contribution in [0.4, 0.5) is 5.82 Å². The van der Waals surface area contributed by atoms with Crippen molar-refractivity contribution in [1.29, 1.82) is 0 Å². The van der Waals surface area contributed by atoms with Crippen molar-refractivity contribution >= 4 is 23.2 Å². The molecule has 0 fully saturated rings. The highest BCUT2D eigenvalue weighted by Crippen LogP contribution is 2.29. The van der Waals surface area contributed by atoms with Crippen LogP contribution in [-0.4, -0.2) is 25.1 Å². The molecule has 0 aromatic carbocycles. The van der Waals surface area contributed by atoms with Crippen LogP contribution in [0.15, 0.2) is 6.33 Å². The summed E-state index contributed by atoms with van der Waals surface area (Å²) in [6.07, 6.45) is 4.61. The predicted octanol–water partition coefficient (Wildman–Crippen LogP) is 3.47. The molecule has 0 unspecified atom stereocenters. The lowest BCUT2D eigenvalue weighted by Gasteiger charge is -2.33. The van der Waals surface area contributed by atoms with Gasteiger partial charge in [-0.3, -0.25) is 0 Å². The first-order valence-electron chi connectivity index (χ1n) is 6.71. The monoisotopic (exact) mass is 281 g/mol. The number of nitrogens with one attached hydrogen (secondary N) is 1. The van der Waals surface area contributed by atoms with Crippen molar-refractivity contribution in [3.05, 3.63) is 17.0 Å². The molecule has 0 amide bonds. The van der Waals surface area contributed by atoms with Crippen molar-refractivity contribution in [2.24, 2.45) is 0 Å². The molecule has 6 heteroatoms. The largest absolute Gasteiger partial charge is 0.364 e. The van der Waals surface area contributed by atoms with Crippen LogP contribution in [0.5, 0.6) is 0 Å². The Balaban J connectivity index is 2.55. The summed E-state index contributed by atoms with van der Waals surface area (Å²) >= 11 is 6.18. The van der Waals surface area contributed by atoms with Gasteiger partial charge in [0.15, 0.2) is 0 Å². The van der Waals surface area contributed by atoms with Crippen LogP contribution >= 0.6 is 11.6 Å². The lowest BCUT2D eigenvalue weighted by molar-refractivity contribution is 0.417. The average Bonchev–Trinajstić information content (AvgIpc) is 2.88. The molecule has 0 saturated heterocycles.